The summed E-state index contributed by atoms with van der Waals surface area (Å²) < 4.78 is 92.8. The predicted molar refractivity (Wildman–Crippen MR) is 183 cm³/mol. The molecule has 0 saturated heterocycles. The Morgan fingerprint density at radius 2 is 0.822 bits per heavy atom. The van der Waals surface area contributed by atoms with Crippen LogP contribution in [0.2, 0.25) is 0 Å². The highest BCUT2D eigenvalue weighted by Gasteiger charge is 2.80. The Labute approximate surface area is 275 Å². The summed E-state index contributed by atoms with van der Waals surface area (Å²) >= 11 is 4.88. The SMILES string of the molecule is Cc1ccc(/C=C/C=C/c2sc(C3=C(c4sc(/C=C/C=C/c5ccc(C)s5)c(C)c4C)C(F)(F)C(F)(F)C3(F)F)c(C)c2C)s1. The molecule has 5 rings (SSSR count). The van der Waals surface area contributed by atoms with Gasteiger partial charge in [0, 0.05) is 39.0 Å². The Hall–Kier alpha value is -2.92. The fourth-order valence-corrected chi connectivity index (χ4v) is 9.24. The first kappa shape index (κ1) is 33.4. The topological polar surface area (TPSA) is 0 Å². The molecule has 0 nitrogen and oxygen atoms in total. The van der Waals surface area contributed by atoms with Crippen LogP contribution in [0.1, 0.15) is 61.3 Å². The summed E-state index contributed by atoms with van der Waals surface area (Å²) in [6.45, 7) is 10.4. The lowest BCUT2D eigenvalue weighted by atomic mass is 9.98. The predicted octanol–water partition coefficient (Wildman–Crippen LogP) is 13.1. The Kier molecular flexibility index (Phi) is 9.18. The number of alkyl halides is 6. The van der Waals surface area contributed by atoms with Gasteiger partial charge >= 0.3 is 17.8 Å². The van der Waals surface area contributed by atoms with Crippen LogP contribution in [0.3, 0.4) is 0 Å². The van der Waals surface area contributed by atoms with Gasteiger partial charge in [-0.1, -0.05) is 24.3 Å². The van der Waals surface area contributed by atoms with Crippen LogP contribution in [0.4, 0.5) is 26.3 Å². The van der Waals surface area contributed by atoms with Crippen molar-refractivity contribution < 1.29 is 26.3 Å². The molecular weight excluding hydrogens is 663 g/mol. The largest absolute Gasteiger partial charge is 0.380 e. The van der Waals surface area contributed by atoms with E-state index in [2.05, 4.69) is 0 Å². The standard InChI is InChI=1S/C35H30F6S4/c1-19-15-17-25(42-19)11-7-9-13-27-21(3)23(5)31(44-27)29-30(34(38,39)35(40,41)33(29,36)37)32-24(6)22(4)28(45-32)14-10-8-12-26-18-16-20(2)43-26/h7-18H,1-6H3/b11-7+,12-8+,13-9+,14-10+. The van der Waals surface area contributed by atoms with E-state index in [0.717, 1.165) is 42.2 Å². The Morgan fingerprint density at radius 3 is 1.16 bits per heavy atom. The van der Waals surface area contributed by atoms with Gasteiger partial charge in [0.2, 0.25) is 0 Å². The maximum Gasteiger partial charge on any atom is 0.380 e. The zero-order valence-electron chi connectivity index (χ0n) is 25.3. The van der Waals surface area contributed by atoms with E-state index in [1.165, 1.54) is 13.8 Å². The van der Waals surface area contributed by atoms with E-state index in [1.807, 2.05) is 50.3 Å². The Morgan fingerprint density at radius 1 is 0.467 bits per heavy atom. The summed E-state index contributed by atoms with van der Waals surface area (Å²) in [6, 6.07) is 7.92. The van der Waals surface area contributed by atoms with Crippen LogP contribution in [-0.2, 0) is 0 Å². The molecule has 1 aliphatic carbocycles. The van der Waals surface area contributed by atoms with E-state index >= 15 is 26.3 Å². The highest BCUT2D eigenvalue weighted by Crippen LogP contribution is 2.66. The summed E-state index contributed by atoms with van der Waals surface area (Å²) in [5, 5.41) is 0. The van der Waals surface area contributed by atoms with E-state index in [9.17, 15) is 0 Å². The van der Waals surface area contributed by atoms with Crippen molar-refractivity contribution in [1.29, 1.82) is 0 Å². The average Bonchev–Trinajstić information content (AvgIpc) is 3.74. The first-order valence-corrected chi connectivity index (χ1v) is 17.3. The number of hydrogen-bond acceptors (Lipinski definition) is 4. The fraction of sp³-hybridized carbons (Fsp3) is 0.257. The average molecular weight is 693 g/mol. The molecule has 4 aromatic heterocycles. The van der Waals surface area contributed by atoms with Gasteiger partial charge in [-0.15, -0.1) is 45.3 Å². The van der Waals surface area contributed by atoms with Crippen LogP contribution in [-0.4, -0.2) is 17.8 Å². The second-order valence-corrected chi connectivity index (χ2v) is 15.6. The van der Waals surface area contributed by atoms with Crippen molar-refractivity contribution in [2.45, 2.75) is 59.3 Å². The molecule has 0 spiro atoms. The lowest BCUT2D eigenvalue weighted by Crippen LogP contribution is -2.48. The molecule has 0 amide bonds. The van der Waals surface area contributed by atoms with Gasteiger partial charge in [-0.3, -0.25) is 0 Å². The summed E-state index contributed by atoms with van der Waals surface area (Å²) in [5.74, 6) is -15.8. The number of thiophene rings is 4. The summed E-state index contributed by atoms with van der Waals surface area (Å²) in [7, 11) is 0. The van der Waals surface area contributed by atoms with Gasteiger partial charge in [-0.25, -0.2) is 0 Å². The maximum atomic E-state index is 15.6. The van der Waals surface area contributed by atoms with Crippen molar-refractivity contribution in [3.63, 3.8) is 0 Å². The van der Waals surface area contributed by atoms with E-state index < -0.39 is 28.9 Å². The van der Waals surface area contributed by atoms with Gasteiger partial charge < -0.3 is 0 Å². The number of allylic oxidation sites excluding steroid dienone is 6. The molecule has 0 radical (unpaired) electrons. The Bertz CT molecular complexity index is 1760. The van der Waals surface area contributed by atoms with Crippen molar-refractivity contribution in [3.8, 4) is 0 Å². The molecule has 45 heavy (non-hydrogen) atoms. The minimum Gasteiger partial charge on any atom is -0.194 e. The lowest BCUT2D eigenvalue weighted by Gasteiger charge is -2.25. The molecule has 0 unspecified atom stereocenters. The molecule has 0 bridgehead atoms. The maximum absolute atomic E-state index is 15.6. The summed E-state index contributed by atoms with van der Waals surface area (Å²) in [6.07, 6.45) is 14.2. The third-order valence-electron chi connectivity index (χ3n) is 7.85. The highest BCUT2D eigenvalue weighted by molar-refractivity contribution is 7.15. The molecule has 0 atom stereocenters. The van der Waals surface area contributed by atoms with E-state index in [4.69, 9.17) is 0 Å². The third kappa shape index (κ3) is 5.90. The molecule has 0 aliphatic heterocycles. The molecule has 10 heteroatoms. The molecule has 236 valence electrons. The van der Waals surface area contributed by atoms with E-state index in [1.54, 1.807) is 73.0 Å². The monoisotopic (exact) mass is 692 g/mol. The Balaban J connectivity index is 1.59. The molecule has 0 saturated carbocycles. The van der Waals surface area contributed by atoms with Gasteiger partial charge in [0.15, 0.2) is 0 Å². The number of hydrogen-bond donors (Lipinski definition) is 0. The molecule has 0 aromatic carbocycles. The zero-order valence-corrected chi connectivity index (χ0v) is 28.6. The van der Waals surface area contributed by atoms with Gasteiger partial charge in [0.05, 0.1) is 11.1 Å². The second kappa shape index (κ2) is 12.4. The van der Waals surface area contributed by atoms with Crippen LogP contribution >= 0.6 is 45.3 Å². The fourth-order valence-electron chi connectivity index (χ4n) is 5.04. The van der Waals surface area contributed by atoms with Crippen molar-refractivity contribution in [1.82, 2.24) is 0 Å². The normalized spacial score (nSPS) is 17.9. The summed E-state index contributed by atoms with van der Waals surface area (Å²) in [4.78, 5) is 4.94. The molecular formula is C35H30F6S4. The minimum atomic E-state index is -5.60. The highest BCUT2D eigenvalue weighted by atomic mass is 32.1. The van der Waals surface area contributed by atoms with Crippen molar-refractivity contribution >= 4 is 80.8 Å². The van der Waals surface area contributed by atoms with Gasteiger partial charge in [-0.2, -0.15) is 26.3 Å². The van der Waals surface area contributed by atoms with Crippen LogP contribution in [0.25, 0.3) is 35.5 Å². The lowest BCUT2D eigenvalue weighted by molar-refractivity contribution is -0.254. The van der Waals surface area contributed by atoms with Gasteiger partial charge in [-0.05, 0) is 112 Å². The number of aryl methyl sites for hydroxylation is 2. The number of rotatable bonds is 8. The van der Waals surface area contributed by atoms with Crippen LogP contribution in [0, 0.1) is 41.5 Å². The van der Waals surface area contributed by atoms with E-state index in [-0.39, 0.29) is 20.9 Å². The molecule has 0 N–H and O–H groups in total. The molecule has 4 heterocycles. The number of halogens is 6. The molecule has 0 fully saturated rings. The van der Waals surface area contributed by atoms with E-state index in [0.29, 0.717) is 20.9 Å². The van der Waals surface area contributed by atoms with Crippen molar-refractivity contribution in [2.75, 3.05) is 0 Å². The first-order chi connectivity index (χ1) is 21.1. The van der Waals surface area contributed by atoms with Crippen LogP contribution in [0.15, 0.2) is 48.6 Å². The minimum absolute atomic E-state index is 0.251. The summed E-state index contributed by atoms with van der Waals surface area (Å²) in [5.41, 5.74) is -0.886. The third-order valence-corrected chi connectivity index (χ3v) is 12.5. The molecule has 1 aliphatic rings. The smallest absolute Gasteiger partial charge is 0.194 e. The first-order valence-electron chi connectivity index (χ1n) is 14.0. The van der Waals surface area contributed by atoms with Crippen molar-refractivity contribution in [2.24, 2.45) is 0 Å². The second-order valence-electron chi connectivity index (χ2n) is 10.9. The van der Waals surface area contributed by atoms with Gasteiger partial charge in [0.1, 0.15) is 0 Å². The van der Waals surface area contributed by atoms with Crippen LogP contribution < -0.4 is 0 Å². The van der Waals surface area contributed by atoms with Gasteiger partial charge in [0.25, 0.3) is 0 Å². The quantitative estimate of drug-likeness (QED) is 0.127. The molecule has 4 aromatic rings. The van der Waals surface area contributed by atoms with Crippen molar-refractivity contribution in [3.05, 3.63) is 110 Å². The van der Waals surface area contributed by atoms with Crippen LogP contribution in [0.5, 0.6) is 0 Å². The zero-order chi connectivity index (χ0) is 32.9.